The Balaban J connectivity index is 2.02. The normalized spacial score (nSPS) is 17.5. The van der Waals surface area contributed by atoms with Gasteiger partial charge in [0.15, 0.2) is 0 Å². The number of aliphatic carboxylic acids is 1. The molecule has 16 heavy (non-hydrogen) atoms. The zero-order valence-corrected chi connectivity index (χ0v) is 9.46. The summed E-state index contributed by atoms with van der Waals surface area (Å²) >= 11 is 1.47. The molecule has 1 aliphatic rings. The Morgan fingerprint density at radius 1 is 1.50 bits per heavy atom. The summed E-state index contributed by atoms with van der Waals surface area (Å²) in [7, 11) is 0. The lowest BCUT2D eigenvalue weighted by Gasteiger charge is -2.12. The second kappa shape index (κ2) is 3.28. The van der Waals surface area contributed by atoms with Gasteiger partial charge in [-0.05, 0) is 42.1 Å². The maximum absolute atomic E-state index is 10.8. The highest BCUT2D eigenvalue weighted by molar-refractivity contribution is 7.13. The Morgan fingerprint density at radius 2 is 2.31 bits per heavy atom. The highest BCUT2D eigenvalue weighted by Crippen LogP contribution is 2.51. The van der Waals surface area contributed by atoms with Crippen molar-refractivity contribution >= 4 is 27.6 Å². The standard InChI is InChI=1S/C12H11NO2S/c14-11(15)6-12(3-4-12)9-1-2-10-8(5-9)7-13-16-10/h1-2,5,7H,3-4,6H2,(H,14,15). The minimum atomic E-state index is -0.707. The monoisotopic (exact) mass is 233 g/mol. The van der Waals surface area contributed by atoms with Crippen molar-refractivity contribution in [2.75, 3.05) is 0 Å². The summed E-state index contributed by atoms with van der Waals surface area (Å²) in [5.41, 5.74) is 1.06. The van der Waals surface area contributed by atoms with Crippen LogP contribution in [0.2, 0.25) is 0 Å². The number of rotatable bonds is 3. The van der Waals surface area contributed by atoms with Gasteiger partial charge in [0.05, 0.1) is 11.1 Å². The summed E-state index contributed by atoms with van der Waals surface area (Å²) in [6.07, 6.45) is 4.07. The van der Waals surface area contributed by atoms with E-state index >= 15 is 0 Å². The van der Waals surface area contributed by atoms with Crippen molar-refractivity contribution < 1.29 is 9.90 Å². The number of benzene rings is 1. The fraction of sp³-hybridized carbons (Fsp3) is 0.333. The van der Waals surface area contributed by atoms with Gasteiger partial charge in [0.2, 0.25) is 0 Å². The van der Waals surface area contributed by atoms with Crippen LogP contribution in [0.5, 0.6) is 0 Å². The Morgan fingerprint density at radius 3 is 3.00 bits per heavy atom. The van der Waals surface area contributed by atoms with Crippen molar-refractivity contribution in [3.05, 3.63) is 30.0 Å². The van der Waals surface area contributed by atoms with Crippen molar-refractivity contribution in [1.29, 1.82) is 0 Å². The van der Waals surface area contributed by atoms with Gasteiger partial charge < -0.3 is 5.11 Å². The molecule has 1 saturated carbocycles. The summed E-state index contributed by atoms with van der Waals surface area (Å²) in [6, 6.07) is 6.19. The molecule has 3 nitrogen and oxygen atoms in total. The Kier molecular flexibility index (Phi) is 2.01. The maximum Gasteiger partial charge on any atom is 0.304 e. The Bertz CT molecular complexity index is 557. The highest BCUT2D eigenvalue weighted by atomic mass is 32.1. The van der Waals surface area contributed by atoms with Crippen LogP contribution in [-0.4, -0.2) is 15.4 Å². The van der Waals surface area contributed by atoms with Gasteiger partial charge in [0.1, 0.15) is 0 Å². The van der Waals surface area contributed by atoms with Gasteiger partial charge in [-0.1, -0.05) is 6.07 Å². The number of nitrogens with zero attached hydrogens (tertiary/aromatic N) is 1. The predicted octanol–water partition coefficient (Wildman–Crippen LogP) is 2.80. The first-order valence-electron chi connectivity index (χ1n) is 5.26. The first-order valence-corrected chi connectivity index (χ1v) is 6.04. The molecule has 1 heterocycles. The number of hydrogen-bond donors (Lipinski definition) is 1. The number of hydrogen-bond acceptors (Lipinski definition) is 3. The molecule has 0 spiro atoms. The van der Waals surface area contributed by atoms with Crippen molar-refractivity contribution in [1.82, 2.24) is 4.37 Å². The topological polar surface area (TPSA) is 50.2 Å². The van der Waals surface area contributed by atoms with E-state index in [-0.39, 0.29) is 11.8 Å². The van der Waals surface area contributed by atoms with Crippen molar-refractivity contribution in [3.63, 3.8) is 0 Å². The smallest absolute Gasteiger partial charge is 0.304 e. The summed E-state index contributed by atoms with van der Waals surface area (Å²) < 4.78 is 5.29. The van der Waals surface area contributed by atoms with Crippen LogP contribution in [0.25, 0.3) is 10.1 Å². The van der Waals surface area contributed by atoms with E-state index in [1.54, 1.807) is 0 Å². The van der Waals surface area contributed by atoms with Gasteiger partial charge in [-0.3, -0.25) is 4.79 Å². The third-order valence-electron chi connectivity index (χ3n) is 3.31. The first-order chi connectivity index (χ1) is 7.70. The minimum Gasteiger partial charge on any atom is -0.481 e. The molecule has 1 fully saturated rings. The minimum absolute atomic E-state index is 0.0953. The first kappa shape index (κ1) is 9.78. The zero-order valence-electron chi connectivity index (χ0n) is 8.64. The molecule has 0 aliphatic heterocycles. The van der Waals surface area contributed by atoms with Gasteiger partial charge in [-0.25, -0.2) is 0 Å². The molecule has 4 heteroatoms. The molecule has 0 atom stereocenters. The molecule has 0 unspecified atom stereocenters. The predicted molar refractivity (Wildman–Crippen MR) is 62.8 cm³/mol. The van der Waals surface area contributed by atoms with E-state index in [0.717, 1.165) is 28.5 Å². The van der Waals surface area contributed by atoms with Crippen molar-refractivity contribution in [2.45, 2.75) is 24.7 Å². The van der Waals surface area contributed by atoms with Crippen LogP contribution in [0.1, 0.15) is 24.8 Å². The van der Waals surface area contributed by atoms with E-state index in [1.165, 1.54) is 11.5 Å². The molecule has 1 N–H and O–H groups in total. The van der Waals surface area contributed by atoms with Crippen molar-refractivity contribution in [2.24, 2.45) is 0 Å². The Labute approximate surface area is 96.9 Å². The highest BCUT2D eigenvalue weighted by Gasteiger charge is 2.45. The lowest BCUT2D eigenvalue weighted by atomic mass is 9.92. The third kappa shape index (κ3) is 1.50. The molecule has 3 rings (SSSR count). The quantitative estimate of drug-likeness (QED) is 0.886. The van der Waals surface area contributed by atoms with E-state index in [9.17, 15) is 4.79 Å². The van der Waals surface area contributed by atoms with Crippen LogP contribution >= 0.6 is 11.5 Å². The summed E-state index contributed by atoms with van der Waals surface area (Å²) in [4.78, 5) is 10.8. The lowest BCUT2D eigenvalue weighted by molar-refractivity contribution is -0.137. The van der Waals surface area contributed by atoms with Crippen molar-refractivity contribution in [3.8, 4) is 0 Å². The van der Waals surface area contributed by atoms with E-state index < -0.39 is 5.97 Å². The number of carbonyl (C=O) groups is 1. The largest absolute Gasteiger partial charge is 0.481 e. The number of aromatic nitrogens is 1. The fourth-order valence-electron chi connectivity index (χ4n) is 2.21. The molecule has 82 valence electrons. The van der Waals surface area contributed by atoms with Gasteiger partial charge in [0, 0.05) is 17.0 Å². The molecular formula is C12H11NO2S. The number of fused-ring (bicyclic) bond motifs is 1. The average molecular weight is 233 g/mol. The molecule has 0 saturated heterocycles. The lowest BCUT2D eigenvalue weighted by Crippen LogP contribution is -2.12. The Hall–Kier alpha value is -1.42. The molecule has 1 aliphatic carbocycles. The molecule has 0 radical (unpaired) electrons. The number of carboxylic acid groups (broad SMARTS) is 1. The van der Waals surface area contributed by atoms with Crippen LogP contribution in [0, 0.1) is 0 Å². The molecular weight excluding hydrogens is 222 g/mol. The fourth-order valence-corrected chi connectivity index (χ4v) is 2.84. The summed E-state index contributed by atoms with van der Waals surface area (Å²) in [5, 5.41) is 10.0. The molecule has 2 aromatic rings. The van der Waals surface area contributed by atoms with E-state index in [2.05, 4.69) is 16.5 Å². The molecule has 0 amide bonds. The second-order valence-electron chi connectivity index (χ2n) is 4.43. The van der Waals surface area contributed by atoms with Gasteiger partial charge in [-0.2, -0.15) is 4.37 Å². The van der Waals surface area contributed by atoms with Gasteiger partial charge in [0.25, 0.3) is 0 Å². The maximum atomic E-state index is 10.8. The van der Waals surface area contributed by atoms with Gasteiger partial charge >= 0.3 is 5.97 Å². The summed E-state index contributed by atoms with van der Waals surface area (Å²) in [5.74, 6) is -0.707. The van der Waals surface area contributed by atoms with E-state index in [0.29, 0.717) is 0 Å². The van der Waals surface area contributed by atoms with Crippen LogP contribution in [-0.2, 0) is 10.2 Å². The van der Waals surface area contributed by atoms with Crippen LogP contribution in [0.3, 0.4) is 0 Å². The van der Waals surface area contributed by atoms with Crippen LogP contribution in [0.15, 0.2) is 24.4 Å². The zero-order chi connectivity index (χ0) is 11.2. The molecule has 0 bridgehead atoms. The SMILES string of the molecule is O=C(O)CC1(c2ccc3sncc3c2)CC1. The number of carboxylic acids is 1. The van der Waals surface area contributed by atoms with Crippen LogP contribution in [0.4, 0.5) is 0 Å². The van der Waals surface area contributed by atoms with Gasteiger partial charge in [-0.15, -0.1) is 0 Å². The van der Waals surface area contributed by atoms with Crippen LogP contribution < -0.4 is 0 Å². The van der Waals surface area contributed by atoms with E-state index in [1.807, 2.05) is 12.3 Å². The second-order valence-corrected chi connectivity index (χ2v) is 5.26. The van der Waals surface area contributed by atoms with E-state index in [4.69, 9.17) is 5.11 Å². The summed E-state index contributed by atoms with van der Waals surface area (Å²) in [6.45, 7) is 0. The molecule has 1 aromatic heterocycles. The molecule has 1 aromatic carbocycles. The third-order valence-corrected chi connectivity index (χ3v) is 4.09. The average Bonchev–Trinajstić information content (AvgIpc) is 2.87.